The summed E-state index contributed by atoms with van der Waals surface area (Å²) in [6.45, 7) is 2.01. The molecule has 0 aliphatic heterocycles. The molecule has 1 saturated carbocycles. The molecule has 1 aliphatic rings. The number of primary amides is 1. The zero-order valence-electron chi connectivity index (χ0n) is 10.4. The van der Waals surface area contributed by atoms with E-state index in [1.165, 1.54) is 19.3 Å². The predicted octanol–water partition coefficient (Wildman–Crippen LogP) is 1.56. The lowest BCUT2D eigenvalue weighted by atomic mass is 9.84. The van der Waals surface area contributed by atoms with Gasteiger partial charge in [-0.2, -0.15) is 0 Å². The molecule has 1 atom stereocenters. The van der Waals surface area contributed by atoms with Crippen molar-refractivity contribution in [2.75, 3.05) is 6.61 Å². The highest BCUT2D eigenvalue weighted by Gasteiger charge is 2.24. The van der Waals surface area contributed by atoms with Gasteiger partial charge in [0, 0.05) is 0 Å². The van der Waals surface area contributed by atoms with E-state index in [-0.39, 0.29) is 0 Å². The van der Waals surface area contributed by atoms with Crippen LogP contribution in [0.5, 0.6) is 0 Å². The Morgan fingerprint density at radius 3 is 2.53 bits per heavy atom. The largest absolute Gasteiger partial charge is 0.450 e. The topological polar surface area (TPSA) is 81.4 Å². The van der Waals surface area contributed by atoms with Gasteiger partial charge in [-0.3, -0.25) is 4.79 Å². The van der Waals surface area contributed by atoms with E-state index >= 15 is 0 Å². The highest BCUT2D eigenvalue weighted by Crippen LogP contribution is 2.27. The van der Waals surface area contributed by atoms with Gasteiger partial charge >= 0.3 is 6.09 Å². The van der Waals surface area contributed by atoms with Crippen LogP contribution >= 0.6 is 0 Å². The van der Waals surface area contributed by atoms with Crippen LogP contribution in [0.25, 0.3) is 0 Å². The molecule has 98 valence electrons. The molecular formula is C12H22N2O3. The average Bonchev–Trinajstić information content (AvgIpc) is 2.29. The van der Waals surface area contributed by atoms with Gasteiger partial charge in [-0.15, -0.1) is 0 Å². The first-order valence-electron chi connectivity index (χ1n) is 6.36. The van der Waals surface area contributed by atoms with Crippen molar-refractivity contribution < 1.29 is 14.3 Å². The molecule has 0 radical (unpaired) electrons. The molecule has 5 nitrogen and oxygen atoms in total. The van der Waals surface area contributed by atoms with E-state index in [9.17, 15) is 9.59 Å². The molecule has 0 unspecified atom stereocenters. The zero-order valence-corrected chi connectivity index (χ0v) is 10.4. The molecular weight excluding hydrogens is 220 g/mol. The Kier molecular flexibility index (Phi) is 5.80. The van der Waals surface area contributed by atoms with E-state index in [0.717, 1.165) is 12.8 Å². The van der Waals surface area contributed by atoms with Crippen LogP contribution in [0.3, 0.4) is 0 Å². The van der Waals surface area contributed by atoms with Gasteiger partial charge < -0.3 is 15.8 Å². The van der Waals surface area contributed by atoms with E-state index < -0.39 is 18.0 Å². The standard InChI is InChI=1S/C12H22N2O3/c1-2-17-12(16)14-10(11(13)15)8-9-6-4-3-5-7-9/h9-10H,2-8H2,1H3,(H2,13,15)(H,14,16)/t10-/m0/s1. The minimum absolute atomic E-state index is 0.292. The Morgan fingerprint density at radius 2 is 2.00 bits per heavy atom. The Hall–Kier alpha value is -1.26. The number of rotatable bonds is 5. The molecule has 0 aromatic rings. The second kappa shape index (κ2) is 7.14. The maximum absolute atomic E-state index is 11.3. The molecule has 1 aliphatic carbocycles. The number of carbonyl (C=O) groups excluding carboxylic acids is 2. The summed E-state index contributed by atoms with van der Waals surface area (Å²) in [5.74, 6) is 0.00630. The summed E-state index contributed by atoms with van der Waals surface area (Å²) >= 11 is 0. The molecule has 1 rings (SSSR count). The van der Waals surface area contributed by atoms with Crippen LogP contribution in [0.1, 0.15) is 45.4 Å². The molecule has 0 aromatic heterocycles. The summed E-state index contributed by atoms with van der Waals surface area (Å²) < 4.78 is 4.75. The molecule has 0 saturated heterocycles. The van der Waals surface area contributed by atoms with Crippen molar-refractivity contribution in [3.63, 3.8) is 0 Å². The second-order valence-corrected chi connectivity index (χ2v) is 4.56. The van der Waals surface area contributed by atoms with Gasteiger partial charge in [0.2, 0.25) is 5.91 Å². The van der Waals surface area contributed by atoms with Crippen molar-refractivity contribution in [3.05, 3.63) is 0 Å². The SMILES string of the molecule is CCOC(=O)N[C@@H](CC1CCCCC1)C(N)=O. The van der Waals surface area contributed by atoms with Crippen molar-refractivity contribution in [1.29, 1.82) is 0 Å². The van der Waals surface area contributed by atoms with Gasteiger partial charge in [0.05, 0.1) is 6.61 Å². The fraction of sp³-hybridized carbons (Fsp3) is 0.833. The number of carbonyl (C=O) groups is 2. The van der Waals surface area contributed by atoms with Gasteiger partial charge in [0.1, 0.15) is 6.04 Å². The van der Waals surface area contributed by atoms with Crippen molar-refractivity contribution in [2.24, 2.45) is 11.7 Å². The number of alkyl carbamates (subject to hydrolysis) is 1. The lowest BCUT2D eigenvalue weighted by molar-refractivity contribution is -0.120. The van der Waals surface area contributed by atoms with E-state index in [1.54, 1.807) is 6.92 Å². The summed E-state index contributed by atoms with van der Waals surface area (Å²) in [4.78, 5) is 22.5. The van der Waals surface area contributed by atoms with Crippen LogP contribution in [-0.2, 0) is 9.53 Å². The maximum Gasteiger partial charge on any atom is 0.407 e. The smallest absolute Gasteiger partial charge is 0.407 e. The van der Waals surface area contributed by atoms with Crippen LogP contribution in [0.2, 0.25) is 0 Å². The minimum atomic E-state index is -0.600. The highest BCUT2D eigenvalue weighted by molar-refractivity contribution is 5.84. The van der Waals surface area contributed by atoms with Gasteiger partial charge in [-0.25, -0.2) is 4.79 Å². The van der Waals surface area contributed by atoms with E-state index in [0.29, 0.717) is 18.9 Å². The van der Waals surface area contributed by atoms with Gasteiger partial charge in [-0.05, 0) is 19.3 Å². The first-order chi connectivity index (χ1) is 8.13. The fourth-order valence-corrected chi connectivity index (χ4v) is 2.32. The van der Waals surface area contributed by atoms with E-state index in [4.69, 9.17) is 10.5 Å². The van der Waals surface area contributed by atoms with Crippen molar-refractivity contribution in [1.82, 2.24) is 5.32 Å². The number of amides is 2. The normalized spacial score (nSPS) is 18.4. The van der Waals surface area contributed by atoms with Crippen molar-refractivity contribution in [2.45, 2.75) is 51.5 Å². The number of hydrogen-bond acceptors (Lipinski definition) is 3. The first-order valence-corrected chi connectivity index (χ1v) is 6.36. The Morgan fingerprint density at radius 1 is 1.35 bits per heavy atom. The molecule has 1 fully saturated rings. The molecule has 0 aromatic carbocycles. The summed E-state index contributed by atoms with van der Waals surface area (Å²) in [5.41, 5.74) is 5.29. The van der Waals surface area contributed by atoms with Gasteiger partial charge in [0.15, 0.2) is 0 Å². The highest BCUT2D eigenvalue weighted by atomic mass is 16.5. The van der Waals surface area contributed by atoms with E-state index in [2.05, 4.69) is 5.32 Å². The Labute approximate surface area is 102 Å². The van der Waals surface area contributed by atoms with Crippen LogP contribution in [0.15, 0.2) is 0 Å². The zero-order chi connectivity index (χ0) is 12.7. The van der Waals surface area contributed by atoms with Crippen LogP contribution in [0, 0.1) is 5.92 Å². The summed E-state index contributed by atoms with van der Waals surface area (Å²) in [7, 11) is 0. The molecule has 0 spiro atoms. The lowest BCUT2D eigenvalue weighted by Crippen LogP contribution is -2.45. The van der Waals surface area contributed by atoms with Gasteiger partial charge in [0.25, 0.3) is 0 Å². The lowest BCUT2D eigenvalue weighted by Gasteiger charge is -2.25. The van der Waals surface area contributed by atoms with Crippen LogP contribution in [0.4, 0.5) is 4.79 Å². The summed E-state index contributed by atoms with van der Waals surface area (Å²) in [6.07, 6.45) is 5.98. The number of hydrogen-bond donors (Lipinski definition) is 2. The van der Waals surface area contributed by atoms with Crippen LogP contribution < -0.4 is 11.1 Å². The second-order valence-electron chi connectivity index (χ2n) is 4.56. The third-order valence-electron chi connectivity index (χ3n) is 3.20. The minimum Gasteiger partial charge on any atom is -0.450 e. The molecule has 3 N–H and O–H groups in total. The van der Waals surface area contributed by atoms with Crippen molar-refractivity contribution >= 4 is 12.0 Å². The van der Waals surface area contributed by atoms with Gasteiger partial charge in [-0.1, -0.05) is 32.1 Å². The fourth-order valence-electron chi connectivity index (χ4n) is 2.32. The third-order valence-corrected chi connectivity index (χ3v) is 3.20. The van der Waals surface area contributed by atoms with Crippen LogP contribution in [-0.4, -0.2) is 24.6 Å². The number of ether oxygens (including phenoxy) is 1. The first kappa shape index (κ1) is 13.8. The number of nitrogens with one attached hydrogen (secondary N) is 1. The summed E-state index contributed by atoms with van der Waals surface area (Å²) in [6, 6.07) is -0.600. The molecule has 0 bridgehead atoms. The average molecular weight is 242 g/mol. The number of nitrogens with two attached hydrogens (primary N) is 1. The molecule has 2 amide bonds. The molecule has 5 heteroatoms. The van der Waals surface area contributed by atoms with Crippen molar-refractivity contribution in [3.8, 4) is 0 Å². The summed E-state index contributed by atoms with van der Waals surface area (Å²) in [5, 5.41) is 2.53. The molecule has 0 heterocycles. The monoisotopic (exact) mass is 242 g/mol. The maximum atomic E-state index is 11.3. The third kappa shape index (κ3) is 5.06. The Bertz CT molecular complexity index is 262. The predicted molar refractivity (Wildman–Crippen MR) is 64.3 cm³/mol. The van der Waals surface area contributed by atoms with E-state index in [1.807, 2.05) is 0 Å². The molecule has 17 heavy (non-hydrogen) atoms. The quantitative estimate of drug-likeness (QED) is 0.767. The Balaban J connectivity index is 2.41.